The predicted octanol–water partition coefficient (Wildman–Crippen LogP) is 0.574. The Balaban J connectivity index is 2.17. The maximum Gasteiger partial charge on any atom is 0.0322 e. The molecule has 0 aromatic rings. The summed E-state index contributed by atoms with van der Waals surface area (Å²) in [6.07, 6.45) is 1.30. The Labute approximate surface area is 27.2 Å². The molecule has 0 unspecified atom stereocenters. The van der Waals surface area contributed by atoms with E-state index in [1.807, 2.05) is 0 Å². The third-order valence-electron chi connectivity index (χ3n) is 0.474. The third kappa shape index (κ3) is 0.402. The topological polar surface area (TPSA) is 21.9 Å². The van der Waals surface area contributed by atoms with Crippen LogP contribution in [-0.2, 0) is 0 Å². The van der Waals surface area contributed by atoms with E-state index in [0.717, 1.165) is 0 Å². The van der Waals surface area contributed by atoms with Gasteiger partial charge in [-0.1, -0.05) is 0 Å². The third-order valence-corrected chi connectivity index (χ3v) is 1.42. The fourth-order valence-corrected chi connectivity index (χ4v) is 0.636. The summed E-state index contributed by atoms with van der Waals surface area (Å²) in [4.78, 5) is 0. The number of rotatable bonds is 0. The minimum absolute atomic E-state index is 0.380. The fraction of sp³-hybridized carbons (Fsp3) is 1.00. The van der Waals surface area contributed by atoms with Crippen LogP contribution in [0.25, 0.3) is 0 Å². The van der Waals surface area contributed by atoms with E-state index in [1.165, 1.54) is 6.29 Å². The predicted molar refractivity (Wildman–Crippen MR) is 20.8 cm³/mol. The van der Waals surface area contributed by atoms with Crippen molar-refractivity contribution in [1.29, 1.82) is 0 Å². The lowest BCUT2D eigenvalue weighted by molar-refractivity contribution is 1.41. The van der Waals surface area contributed by atoms with E-state index < -0.39 is 0 Å². The molecule has 0 aromatic heterocycles. The second kappa shape index (κ2) is 0.667. The summed E-state index contributed by atoms with van der Waals surface area (Å²) in [5.41, 5.74) is 0. The Morgan fingerprint density at radius 2 is 2.25 bits per heavy atom. The van der Waals surface area contributed by atoms with Crippen molar-refractivity contribution in [3.63, 3.8) is 0 Å². The van der Waals surface area contributed by atoms with Crippen molar-refractivity contribution in [2.75, 3.05) is 13.0 Å². The highest BCUT2D eigenvalue weighted by molar-refractivity contribution is 7.61. The maximum atomic E-state index is 3.16. The van der Waals surface area contributed by atoms with Crippen LogP contribution in [0.4, 0.5) is 0 Å². The standard InChI is InChI=1S/C2H6NP/c1-4-2-3-4/h3H,2H2,1H3/t4-/m1/s1. The van der Waals surface area contributed by atoms with Gasteiger partial charge in [-0.25, -0.2) is 0 Å². The normalized spacial score (nSPS) is 39.8. The molecule has 0 spiro atoms. The number of nitrogens with one attached hydrogen (secondary N) is 1. The summed E-state index contributed by atoms with van der Waals surface area (Å²) < 4.78 is 0. The lowest BCUT2D eigenvalue weighted by Gasteiger charge is -1.54. The van der Waals surface area contributed by atoms with Crippen molar-refractivity contribution in [2.45, 2.75) is 0 Å². The molecule has 4 heavy (non-hydrogen) atoms. The van der Waals surface area contributed by atoms with Gasteiger partial charge in [-0.3, -0.25) is 5.09 Å². The molecule has 1 rings (SSSR count). The van der Waals surface area contributed by atoms with Gasteiger partial charge in [0.1, 0.15) is 0 Å². The van der Waals surface area contributed by atoms with Gasteiger partial charge in [-0.2, -0.15) is 0 Å². The van der Waals surface area contributed by atoms with Crippen molar-refractivity contribution < 1.29 is 0 Å². The minimum atomic E-state index is 0.380. The van der Waals surface area contributed by atoms with Gasteiger partial charge in [-0.15, -0.1) is 0 Å². The van der Waals surface area contributed by atoms with Crippen LogP contribution < -0.4 is 5.09 Å². The van der Waals surface area contributed by atoms with Crippen LogP contribution in [0.5, 0.6) is 0 Å². The highest BCUT2D eigenvalue weighted by Crippen LogP contribution is 2.36. The molecule has 0 radical (unpaired) electrons. The summed E-state index contributed by atoms with van der Waals surface area (Å²) in [5, 5.41) is 3.16. The van der Waals surface area contributed by atoms with Crippen LogP contribution in [0.3, 0.4) is 0 Å². The summed E-state index contributed by atoms with van der Waals surface area (Å²) >= 11 is 0. The zero-order valence-electron chi connectivity index (χ0n) is 2.65. The highest BCUT2D eigenvalue weighted by Gasteiger charge is 2.09. The quantitative estimate of drug-likeness (QED) is 0.330. The Kier molecular flexibility index (Phi) is 0.436. The van der Waals surface area contributed by atoms with Gasteiger partial charge in [0.25, 0.3) is 0 Å². The molecule has 1 saturated heterocycles. The van der Waals surface area contributed by atoms with Gasteiger partial charge in [-0.05, 0) is 14.7 Å². The van der Waals surface area contributed by atoms with Gasteiger partial charge < -0.3 is 0 Å². The average molecular weight is 75.1 g/mol. The van der Waals surface area contributed by atoms with E-state index in [9.17, 15) is 0 Å². The van der Waals surface area contributed by atoms with Crippen LogP contribution in [0.1, 0.15) is 0 Å². The minimum Gasteiger partial charge on any atom is -0.289 e. The molecule has 0 aliphatic carbocycles. The number of hydrogen-bond acceptors (Lipinski definition) is 1. The van der Waals surface area contributed by atoms with Crippen LogP contribution in [-0.4, -0.2) is 13.0 Å². The SMILES string of the molecule is C[P@]1CN1. The average Bonchev–Trinajstić information content (AvgIpc) is 1.75. The fourth-order valence-electron chi connectivity index (χ4n) is 0.0707. The Hall–Kier alpha value is 0.390. The van der Waals surface area contributed by atoms with E-state index in [1.54, 1.807) is 0 Å². The van der Waals surface area contributed by atoms with Crippen molar-refractivity contribution in [3.05, 3.63) is 0 Å². The van der Waals surface area contributed by atoms with Crippen molar-refractivity contribution in [1.82, 2.24) is 5.09 Å². The molecule has 0 saturated carbocycles. The van der Waals surface area contributed by atoms with Crippen molar-refractivity contribution in [3.8, 4) is 0 Å². The second-order valence-electron chi connectivity index (χ2n) is 1.01. The first-order chi connectivity index (χ1) is 1.89. The summed E-state index contributed by atoms with van der Waals surface area (Å²) in [7, 11) is 0.380. The number of hydrogen-bond donors (Lipinski definition) is 1. The van der Waals surface area contributed by atoms with E-state index in [2.05, 4.69) is 11.8 Å². The van der Waals surface area contributed by atoms with E-state index in [4.69, 9.17) is 0 Å². The van der Waals surface area contributed by atoms with Crippen LogP contribution in [0.2, 0.25) is 0 Å². The molecular weight excluding hydrogens is 69.0 g/mol. The second-order valence-corrected chi connectivity index (χ2v) is 3.04. The van der Waals surface area contributed by atoms with Crippen LogP contribution >= 0.6 is 8.07 Å². The first-order valence-corrected chi connectivity index (χ1v) is 3.31. The molecule has 1 aliphatic heterocycles. The smallest absolute Gasteiger partial charge is 0.0322 e. The monoisotopic (exact) mass is 75.0 g/mol. The summed E-state index contributed by atoms with van der Waals surface area (Å²) in [5.74, 6) is 0. The zero-order chi connectivity index (χ0) is 2.99. The van der Waals surface area contributed by atoms with Gasteiger partial charge in [0.05, 0.1) is 0 Å². The molecule has 2 heteroatoms. The van der Waals surface area contributed by atoms with E-state index in [0.29, 0.717) is 8.07 Å². The molecule has 1 aliphatic rings. The lowest BCUT2D eigenvalue weighted by Crippen LogP contribution is -1.53. The van der Waals surface area contributed by atoms with Gasteiger partial charge in [0.2, 0.25) is 0 Å². The maximum absolute atomic E-state index is 3.16. The van der Waals surface area contributed by atoms with Crippen molar-refractivity contribution >= 4 is 8.07 Å². The Morgan fingerprint density at radius 3 is 2.25 bits per heavy atom. The lowest BCUT2D eigenvalue weighted by atomic mass is 11.6. The van der Waals surface area contributed by atoms with Gasteiger partial charge in [0, 0.05) is 6.29 Å². The highest BCUT2D eigenvalue weighted by atomic mass is 31.1. The molecule has 0 amide bonds. The molecule has 0 bridgehead atoms. The Bertz CT molecular complexity index is 25.2. The first-order valence-electron chi connectivity index (χ1n) is 1.34. The van der Waals surface area contributed by atoms with Gasteiger partial charge >= 0.3 is 0 Å². The Morgan fingerprint density at radius 1 is 2.00 bits per heavy atom. The van der Waals surface area contributed by atoms with Crippen LogP contribution in [0, 0.1) is 0 Å². The molecule has 1 nitrogen and oxygen atoms in total. The largest absolute Gasteiger partial charge is 0.289 e. The molecule has 0 aromatic carbocycles. The molecule has 24 valence electrons. The molecule has 1 N–H and O–H groups in total. The van der Waals surface area contributed by atoms with E-state index in [-0.39, 0.29) is 0 Å². The van der Waals surface area contributed by atoms with Crippen LogP contribution in [0.15, 0.2) is 0 Å². The molecule has 1 heterocycles. The van der Waals surface area contributed by atoms with Gasteiger partial charge in [0.15, 0.2) is 0 Å². The molecule has 1 atom stereocenters. The summed E-state index contributed by atoms with van der Waals surface area (Å²) in [6.45, 7) is 2.23. The van der Waals surface area contributed by atoms with Crippen molar-refractivity contribution in [2.24, 2.45) is 0 Å². The first kappa shape index (κ1) is 2.62. The van der Waals surface area contributed by atoms with E-state index >= 15 is 0 Å². The molecular formula is C2H6NP. The zero-order valence-corrected chi connectivity index (χ0v) is 3.55. The summed E-state index contributed by atoms with van der Waals surface area (Å²) in [6, 6.07) is 0. The molecule has 1 fully saturated rings.